The van der Waals surface area contributed by atoms with Crippen LogP contribution in [0.2, 0.25) is 0 Å². The summed E-state index contributed by atoms with van der Waals surface area (Å²) in [4.78, 5) is 13.4. The zero-order chi connectivity index (χ0) is 12.7. The number of rotatable bonds is 5. The molecule has 0 radical (unpaired) electrons. The van der Waals surface area contributed by atoms with Gasteiger partial charge in [0.2, 0.25) is 0 Å². The molecule has 1 aromatic carbocycles. The van der Waals surface area contributed by atoms with Crippen LogP contribution in [0.1, 0.15) is 0 Å². The van der Waals surface area contributed by atoms with E-state index in [9.17, 15) is 4.79 Å². The van der Waals surface area contributed by atoms with Crippen LogP contribution in [0.4, 0.5) is 10.5 Å². The fourth-order valence-electron chi connectivity index (χ4n) is 1.32. The number of halogens is 1. The largest absolute Gasteiger partial charge is 0.395 e. The Kier molecular flexibility index (Phi) is 5.99. The summed E-state index contributed by atoms with van der Waals surface area (Å²) in [5.41, 5.74) is 0.744. The van der Waals surface area contributed by atoms with Crippen LogP contribution in [0.5, 0.6) is 0 Å². The first-order chi connectivity index (χ1) is 8.17. The second kappa shape index (κ2) is 7.29. The van der Waals surface area contributed by atoms with Gasteiger partial charge in [-0.05, 0) is 40.8 Å². The summed E-state index contributed by atoms with van der Waals surface area (Å²) in [6.45, 7) is 4.23. The summed E-state index contributed by atoms with van der Waals surface area (Å²) in [6.07, 6.45) is 1.63. The molecule has 4 nitrogen and oxygen atoms in total. The second-order valence-corrected chi connectivity index (χ2v) is 4.64. The molecule has 0 spiro atoms. The van der Waals surface area contributed by atoms with Crippen LogP contribution in [0.25, 0.3) is 0 Å². The highest BCUT2D eigenvalue weighted by Crippen LogP contribution is 2.12. The van der Waals surface area contributed by atoms with Crippen molar-refractivity contribution in [2.45, 2.75) is 0 Å². The number of amides is 2. The van der Waals surface area contributed by atoms with E-state index in [0.717, 1.165) is 9.26 Å². The van der Waals surface area contributed by atoms with Crippen LogP contribution in [-0.2, 0) is 0 Å². The lowest BCUT2D eigenvalue weighted by atomic mass is 10.3. The third kappa shape index (κ3) is 4.74. The first-order valence-corrected chi connectivity index (χ1v) is 6.28. The van der Waals surface area contributed by atoms with Crippen LogP contribution in [-0.4, -0.2) is 35.7 Å². The number of hydrogen-bond acceptors (Lipinski definition) is 2. The fraction of sp³-hybridized carbons (Fsp3) is 0.250. The number of nitrogens with zero attached hydrogens (tertiary/aromatic N) is 1. The van der Waals surface area contributed by atoms with Gasteiger partial charge in [0.1, 0.15) is 0 Å². The molecule has 5 heteroatoms. The van der Waals surface area contributed by atoms with Gasteiger partial charge >= 0.3 is 6.03 Å². The second-order valence-electron chi connectivity index (χ2n) is 3.40. The van der Waals surface area contributed by atoms with Crippen molar-refractivity contribution in [1.29, 1.82) is 0 Å². The van der Waals surface area contributed by atoms with E-state index in [-0.39, 0.29) is 12.6 Å². The van der Waals surface area contributed by atoms with Gasteiger partial charge in [-0.25, -0.2) is 4.79 Å². The van der Waals surface area contributed by atoms with Gasteiger partial charge in [-0.3, -0.25) is 0 Å². The van der Waals surface area contributed by atoms with E-state index in [0.29, 0.717) is 13.1 Å². The molecule has 0 bridgehead atoms. The van der Waals surface area contributed by atoms with Crippen molar-refractivity contribution in [2.24, 2.45) is 0 Å². The number of hydrogen-bond donors (Lipinski definition) is 2. The lowest BCUT2D eigenvalue weighted by molar-refractivity contribution is 0.195. The normalized spacial score (nSPS) is 9.76. The minimum atomic E-state index is -0.235. The minimum absolute atomic E-state index is 0.0619. The van der Waals surface area contributed by atoms with E-state index >= 15 is 0 Å². The highest BCUT2D eigenvalue weighted by molar-refractivity contribution is 14.1. The molecule has 0 atom stereocenters. The van der Waals surface area contributed by atoms with Crippen LogP contribution in [0.15, 0.2) is 36.9 Å². The highest BCUT2D eigenvalue weighted by atomic mass is 127. The van der Waals surface area contributed by atoms with Gasteiger partial charge in [-0.1, -0.05) is 12.1 Å². The number of anilines is 1. The minimum Gasteiger partial charge on any atom is -0.395 e. The molecule has 0 aliphatic rings. The van der Waals surface area contributed by atoms with Crippen molar-refractivity contribution in [3.63, 3.8) is 0 Å². The predicted molar refractivity (Wildman–Crippen MR) is 77.0 cm³/mol. The maximum atomic E-state index is 11.9. The highest BCUT2D eigenvalue weighted by Gasteiger charge is 2.11. The standard InChI is InChI=1S/C12H15IN2O2/c1-2-6-15(7-8-16)12(17)14-11-5-3-4-10(13)9-11/h2-5,9,16H,1,6-8H2,(H,14,17). The number of nitrogens with one attached hydrogen (secondary N) is 1. The first-order valence-electron chi connectivity index (χ1n) is 5.20. The van der Waals surface area contributed by atoms with E-state index in [1.807, 2.05) is 24.3 Å². The summed E-state index contributed by atoms with van der Waals surface area (Å²) in [5.74, 6) is 0. The van der Waals surface area contributed by atoms with Gasteiger partial charge in [0.15, 0.2) is 0 Å². The quantitative estimate of drug-likeness (QED) is 0.635. The molecule has 1 rings (SSSR count). The molecular formula is C12H15IN2O2. The average molecular weight is 346 g/mol. The molecule has 0 heterocycles. The molecule has 0 aliphatic carbocycles. The number of carbonyl (C=O) groups excluding carboxylic acids is 1. The SMILES string of the molecule is C=CCN(CCO)C(=O)Nc1cccc(I)c1. The Balaban J connectivity index is 2.65. The van der Waals surface area contributed by atoms with Gasteiger partial charge < -0.3 is 15.3 Å². The van der Waals surface area contributed by atoms with E-state index in [4.69, 9.17) is 5.11 Å². The molecule has 0 fully saturated rings. The Bertz CT molecular complexity index is 396. The molecule has 2 amide bonds. The summed E-state index contributed by atoms with van der Waals surface area (Å²) in [7, 11) is 0. The van der Waals surface area contributed by atoms with E-state index in [1.54, 1.807) is 6.08 Å². The third-order valence-electron chi connectivity index (χ3n) is 2.08. The van der Waals surface area contributed by atoms with Crippen LogP contribution >= 0.6 is 22.6 Å². The average Bonchev–Trinajstić information content (AvgIpc) is 2.28. The van der Waals surface area contributed by atoms with Gasteiger partial charge in [0.25, 0.3) is 0 Å². The van der Waals surface area contributed by atoms with Crippen LogP contribution in [0, 0.1) is 3.57 Å². The molecule has 2 N–H and O–H groups in total. The lowest BCUT2D eigenvalue weighted by Gasteiger charge is -2.20. The van der Waals surface area contributed by atoms with E-state index in [2.05, 4.69) is 34.5 Å². The lowest BCUT2D eigenvalue weighted by Crippen LogP contribution is -2.37. The smallest absolute Gasteiger partial charge is 0.322 e. The van der Waals surface area contributed by atoms with Gasteiger partial charge in [-0.2, -0.15) is 0 Å². The van der Waals surface area contributed by atoms with Crippen molar-refractivity contribution in [1.82, 2.24) is 4.90 Å². The molecule has 0 aliphatic heterocycles. The number of urea groups is 1. The fourth-order valence-corrected chi connectivity index (χ4v) is 1.86. The van der Waals surface area contributed by atoms with Crippen LogP contribution in [0.3, 0.4) is 0 Å². The van der Waals surface area contributed by atoms with Gasteiger partial charge in [0.05, 0.1) is 6.61 Å². The van der Waals surface area contributed by atoms with Crippen molar-refractivity contribution >= 4 is 34.3 Å². The number of aliphatic hydroxyl groups is 1. The number of benzene rings is 1. The maximum absolute atomic E-state index is 11.9. The van der Waals surface area contributed by atoms with Gasteiger partial charge in [-0.15, -0.1) is 6.58 Å². The van der Waals surface area contributed by atoms with E-state index in [1.165, 1.54) is 4.90 Å². The molecule has 0 saturated carbocycles. The molecule has 0 aromatic heterocycles. The predicted octanol–water partition coefficient (Wildman–Crippen LogP) is 2.30. The first kappa shape index (κ1) is 14.0. The molecule has 1 aromatic rings. The summed E-state index contributed by atoms with van der Waals surface area (Å²) < 4.78 is 1.05. The molecule has 0 unspecified atom stereocenters. The Hall–Kier alpha value is -1.08. The molecule has 0 saturated heterocycles. The number of carbonyl (C=O) groups is 1. The van der Waals surface area contributed by atoms with Gasteiger partial charge in [0, 0.05) is 22.3 Å². The zero-order valence-corrected chi connectivity index (χ0v) is 11.6. The molecule has 17 heavy (non-hydrogen) atoms. The zero-order valence-electron chi connectivity index (χ0n) is 9.40. The Morgan fingerprint density at radius 3 is 2.94 bits per heavy atom. The monoisotopic (exact) mass is 346 g/mol. The number of aliphatic hydroxyl groups excluding tert-OH is 1. The van der Waals surface area contributed by atoms with Crippen LogP contribution < -0.4 is 5.32 Å². The summed E-state index contributed by atoms with van der Waals surface area (Å²) in [5, 5.41) is 11.6. The molecule has 92 valence electrons. The van der Waals surface area contributed by atoms with Crippen molar-refractivity contribution in [3.8, 4) is 0 Å². The Morgan fingerprint density at radius 1 is 1.59 bits per heavy atom. The molecular weight excluding hydrogens is 331 g/mol. The van der Waals surface area contributed by atoms with E-state index < -0.39 is 0 Å². The topological polar surface area (TPSA) is 52.6 Å². The Labute approximate surface area is 114 Å². The maximum Gasteiger partial charge on any atom is 0.322 e. The summed E-state index contributed by atoms with van der Waals surface area (Å²) >= 11 is 2.18. The van der Waals surface area contributed by atoms with Crippen molar-refractivity contribution < 1.29 is 9.90 Å². The summed E-state index contributed by atoms with van der Waals surface area (Å²) in [6, 6.07) is 7.29. The van der Waals surface area contributed by atoms with Crippen molar-refractivity contribution in [3.05, 3.63) is 40.5 Å². The third-order valence-corrected chi connectivity index (χ3v) is 2.75. The van der Waals surface area contributed by atoms with Crippen molar-refractivity contribution in [2.75, 3.05) is 25.0 Å². The Morgan fingerprint density at radius 2 is 2.35 bits per heavy atom.